The van der Waals surface area contributed by atoms with Gasteiger partial charge in [-0.2, -0.15) is 0 Å². The second-order valence-electron chi connectivity index (χ2n) is 23.7. The van der Waals surface area contributed by atoms with Gasteiger partial charge in [-0.25, -0.2) is 4.79 Å². The predicted molar refractivity (Wildman–Crippen MR) is 352 cm³/mol. The van der Waals surface area contributed by atoms with E-state index >= 15 is 0 Å². The summed E-state index contributed by atoms with van der Waals surface area (Å²) in [5.74, 6) is -0.114. The summed E-state index contributed by atoms with van der Waals surface area (Å²) in [5.41, 5.74) is 6.02. The van der Waals surface area contributed by atoms with E-state index in [1.165, 1.54) is 57.8 Å². The standard InChI is InChI=1S/C76H102N2O11/c1-2-3-4-5-6-7-8-9-10-11-14-35-50-68(83-54-62-40-25-18-26-41-62)71(84-55-63-42-27-19-28-43-63)67(78-70(79)51-36-15-12-13-16-37-52-77-76(80)81)59-88-75-74(87-58-66-48-33-22-34-49-66)73(86-57-65-46-31-21-32-47-65)72(85-56-64-44-29-20-30-45-64)69(89-75)60-82-53-61-38-23-17-24-39-61/h17-34,38-49,67-69,71-75,77H,2-16,35-37,50-60H2,1H3,(H,78,79)(H,80,81)/t67-,68+,69+,71-,72-,73-,74+,75-/m0/s1. The lowest BCUT2D eigenvalue weighted by Gasteiger charge is -2.46. The van der Waals surface area contributed by atoms with Crippen LogP contribution in [0.5, 0.6) is 0 Å². The predicted octanol–water partition coefficient (Wildman–Crippen LogP) is 16.4. The molecule has 89 heavy (non-hydrogen) atoms. The Labute approximate surface area is 531 Å². The van der Waals surface area contributed by atoms with Crippen molar-refractivity contribution in [2.75, 3.05) is 19.8 Å². The zero-order valence-corrected chi connectivity index (χ0v) is 53.0. The maximum absolute atomic E-state index is 14.7. The Morgan fingerprint density at radius 3 is 1.34 bits per heavy atom. The average molecular weight is 1220 g/mol. The molecule has 13 nitrogen and oxygen atoms in total. The van der Waals surface area contributed by atoms with Crippen LogP contribution >= 0.6 is 0 Å². The molecule has 1 heterocycles. The maximum atomic E-state index is 14.7. The highest BCUT2D eigenvalue weighted by molar-refractivity contribution is 5.76. The highest BCUT2D eigenvalue weighted by Crippen LogP contribution is 2.33. The molecule has 3 N–H and O–H groups in total. The molecule has 6 aromatic rings. The summed E-state index contributed by atoms with van der Waals surface area (Å²) in [5, 5.41) is 14.9. The van der Waals surface area contributed by atoms with Gasteiger partial charge in [0, 0.05) is 13.0 Å². The van der Waals surface area contributed by atoms with E-state index in [1.807, 2.05) is 158 Å². The van der Waals surface area contributed by atoms with Gasteiger partial charge in [-0.3, -0.25) is 4.79 Å². The number of nitrogens with one attached hydrogen (secondary N) is 2. The van der Waals surface area contributed by atoms with Gasteiger partial charge < -0.3 is 53.6 Å². The molecule has 1 saturated heterocycles. The Bertz CT molecular complexity index is 2710. The van der Waals surface area contributed by atoms with Gasteiger partial charge >= 0.3 is 6.09 Å². The van der Waals surface area contributed by atoms with E-state index in [-0.39, 0.29) is 45.5 Å². The quantitative estimate of drug-likeness (QED) is 0.0313. The first-order chi connectivity index (χ1) is 43.9. The van der Waals surface area contributed by atoms with Crippen LogP contribution in [-0.2, 0) is 82.3 Å². The first-order valence-electron chi connectivity index (χ1n) is 33.3. The number of benzene rings is 6. The van der Waals surface area contributed by atoms with E-state index in [0.717, 1.165) is 84.7 Å². The summed E-state index contributed by atoms with van der Waals surface area (Å²) in [6.07, 6.45) is 14.8. The number of carbonyl (C=O) groups is 2. The van der Waals surface area contributed by atoms with Gasteiger partial charge in [0.25, 0.3) is 0 Å². The molecule has 6 aromatic carbocycles. The summed E-state index contributed by atoms with van der Waals surface area (Å²) >= 11 is 0. The third kappa shape index (κ3) is 28.2. The number of carbonyl (C=O) groups excluding carboxylic acids is 1. The van der Waals surface area contributed by atoms with Crippen LogP contribution in [0.2, 0.25) is 0 Å². The number of amides is 2. The summed E-state index contributed by atoms with van der Waals surface area (Å²) in [6, 6.07) is 60.0. The van der Waals surface area contributed by atoms with E-state index < -0.39 is 55.0 Å². The van der Waals surface area contributed by atoms with Crippen molar-refractivity contribution >= 4 is 12.0 Å². The summed E-state index contributed by atoms with van der Waals surface area (Å²) < 4.78 is 56.5. The number of rotatable bonds is 47. The summed E-state index contributed by atoms with van der Waals surface area (Å²) in [6.45, 7) is 4.61. The van der Waals surface area contributed by atoms with Gasteiger partial charge in [-0.05, 0) is 52.6 Å². The molecule has 13 heteroatoms. The lowest BCUT2D eigenvalue weighted by atomic mass is 9.97. The molecule has 0 unspecified atom stereocenters. The first-order valence-corrected chi connectivity index (χ1v) is 33.3. The Hall–Kier alpha value is -6.26. The van der Waals surface area contributed by atoms with Crippen molar-refractivity contribution in [3.8, 4) is 0 Å². The molecular formula is C76H102N2O11. The SMILES string of the molecule is CCCCCCCCCCCCCC[C@@H](OCc1ccccc1)[C@@H](OCc1ccccc1)[C@H](CO[C@H]1O[C@H](COCc2ccccc2)[C@H](OCc2ccccc2)[C@H](OCc2ccccc2)[C@H]1OCc1ccccc1)NC(=O)CCCCCCCCNC(=O)O. The third-order valence-electron chi connectivity index (χ3n) is 16.4. The van der Waals surface area contributed by atoms with Crippen LogP contribution < -0.4 is 10.6 Å². The van der Waals surface area contributed by atoms with Gasteiger partial charge in [-0.1, -0.05) is 292 Å². The van der Waals surface area contributed by atoms with Crippen molar-refractivity contribution in [1.82, 2.24) is 10.6 Å². The number of hydrogen-bond donors (Lipinski definition) is 3. The van der Waals surface area contributed by atoms with Crippen molar-refractivity contribution in [2.45, 2.75) is 224 Å². The molecule has 1 fully saturated rings. The topological polar surface area (TPSA) is 152 Å². The molecule has 0 spiro atoms. The van der Waals surface area contributed by atoms with Crippen LogP contribution in [0.25, 0.3) is 0 Å². The summed E-state index contributed by atoms with van der Waals surface area (Å²) in [7, 11) is 0. The van der Waals surface area contributed by atoms with E-state index in [4.69, 9.17) is 43.0 Å². The van der Waals surface area contributed by atoms with Gasteiger partial charge in [0.2, 0.25) is 5.91 Å². The third-order valence-corrected chi connectivity index (χ3v) is 16.4. The van der Waals surface area contributed by atoms with Gasteiger partial charge in [0.15, 0.2) is 6.29 Å². The molecule has 0 saturated carbocycles. The molecule has 1 aliphatic rings. The molecule has 0 aliphatic carbocycles. The number of ether oxygens (including phenoxy) is 8. The molecule has 0 radical (unpaired) electrons. The monoisotopic (exact) mass is 1220 g/mol. The Balaban J connectivity index is 1.21. The van der Waals surface area contributed by atoms with Gasteiger partial charge in [-0.15, -0.1) is 0 Å². The molecule has 0 aromatic heterocycles. The Morgan fingerprint density at radius 2 is 0.854 bits per heavy atom. The minimum atomic E-state index is -1.04. The van der Waals surface area contributed by atoms with Crippen LogP contribution in [0.1, 0.15) is 169 Å². The molecule has 482 valence electrons. The van der Waals surface area contributed by atoms with E-state index in [0.29, 0.717) is 39.0 Å². The normalized spacial score (nSPS) is 17.6. The van der Waals surface area contributed by atoms with Gasteiger partial charge in [0.05, 0.1) is 65.0 Å². The van der Waals surface area contributed by atoms with Gasteiger partial charge in [0.1, 0.15) is 30.5 Å². The van der Waals surface area contributed by atoms with Crippen LogP contribution in [-0.4, -0.2) is 85.8 Å². The average Bonchev–Trinajstić information content (AvgIpc) is 1.45. The minimum absolute atomic E-state index is 0.0202. The first kappa shape index (κ1) is 70.2. The molecule has 7 rings (SSSR count). The van der Waals surface area contributed by atoms with Crippen LogP contribution in [0.15, 0.2) is 182 Å². The van der Waals surface area contributed by atoms with Crippen LogP contribution in [0, 0.1) is 0 Å². The zero-order valence-electron chi connectivity index (χ0n) is 53.0. The number of unbranched alkanes of at least 4 members (excludes halogenated alkanes) is 16. The van der Waals surface area contributed by atoms with E-state index in [2.05, 4.69) is 41.8 Å². The van der Waals surface area contributed by atoms with E-state index in [1.54, 1.807) is 0 Å². The number of carboxylic acid groups (broad SMARTS) is 1. The fourth-order valence-corrected chi connectivity index (χ4v) is 11.4. The fraction of sp³-hybridized carbons (Fsp3) is 0.500. The molecular weight excluding hydrogens is 1120 g/mol. The second kappa shape index (κ2) is 43.5. The number of hydrogen-bond acceptors (Lipinski definition) is 10. The van der Waals surface area contributed by atoms with E-state index in [9.17, 15) is 9.59 Å². The molecule has 0 bridgehead atoms. The molecule has 2 amide bonds. The zero-order chi connectivity index (χ0) is 62.0. The van der Waals surface area contributed by atoms with Crippen molar-refractivity contribution < 1.29 is 52.6 Å². The van der Waals surface area contributed by atoms with Crippen molar-refractivity contribution in [1.29, 1.82) is 0 Å². The van der Waals surface area contributed by atoms with Crippen molar-refractivity contribution in [3.63, 3.8) is 0 Å². The van der Waals surface area contributed by atoms with Crippen molar-refractivity contribution in [3.05, 3.63) is 215 Å². The van der Waals surface area contributed by atoms with Crippen LogP contribution in [0.3, 0.4) is 0 Å². The second-order valence-corrected chi connectivity index (χ2v) is 23.7. The maximum Gasteiger partial charge on any atom is 0.404 e. The molecule has 8 atom stereocenters. The Kier molecular flexibility index (Phi) is 34.3. The largest absolute Gasteiger partial charge is 0.465 e. The molecule has 1 aliphatic heterocycles. The van der Waals surface area contributed by atoms with Crippen molar-refractivity contribution in [2.24, 2.45) is 0 Å². The summed E-state index contributed by atoms with van der Waals surface area (Å²) in [4.78, 5) is 25.7. The minimum Gasteiger partial charge on any atom is -0.465 e. The highest BCUT2D eigenvalue weighted by atomic mass is 16.7. The smallest absolute Gasteiger partial charge is 0.404 e. The lowest BCUT2D eigenvalue weighted by Crippen LogP contribution is -2.62. The van der Waals surface area contributed by atoms with Crippen LogP contribution in [0.4, 0.5) is 4.79 Å². The lowest BCUT2D eigenvalue weighted by molar-refractivity contribution is -0.330. The highest BCUT2D eigenvalue weighted by Gasteiger charge is 2.50. The Morgan fingerprint density at radius 1 is 0.449 bits per heavy atom. The fourth-order valence-electron chi connectivity index (χ4n) is 11.4.